The number of nitrogens with two attached hydrogens (primary N) is 1. The quantitative estimate of drug-likeness (QED) is 0.941. The number of imidazole rings is 1. The molecule has 1 aliphatic heterocycles. The van der Waals surface area contributed by atoms with E-state index in [-0.39, 0.29) is 0 Å². The zero-order valence-corrected chi connectivity index (χ0v) is 12.6. The molecule has 0 aromatic carbocycles. The lowest BCUT2D eigenvalue weighted by molar-refractivity contribution is 0.238. The third kappa shape index (κ3) is 2.47. The molecule has 0 radical (unpaired) electrons. The minimum Gasteiger partial charge on any atom is -0.369 e. The van der Waals surface area contributed by atoms with Gasteiger partial charge in [0.1, 0.15) is 5.52 Å². The van der Waals surface area contributed by atoms with Crippen molar-refractivity contribution in [1.29, 1.82) is 0 Å². The summed E-state index contributed by atoms with van der Waals surface area (Å²) in [5.41, 5.74) is 7.74. The van der Waals surface area contributed by atoms with E-state index in [4.69, 9.17) is 5.73 Å². The number of nitrogen functional groups attached to an aromatic ring is 1. The molecular formula is C13H18BrN5. The molecule has 0 saturated carbocycles. The van der Waals surface area contributed by atoms with E-state index in [0.717, 1.165) is 22.2 Å². The Kier molecular flexibility index (Phi) is 3.45. The number of hydrogen-bond acceptors (Lipinski definition) is 4. The summed E-state index contributed by atoms with van der Waals surface area (Å²) in [7, 11) is 0. The Bertz CT molecular complexity index is 588. The van der Waals surface area contributed by atoms with Crippen LogP contribution in [0.2, 0.25) is 0 Å². The summed E-state index contributed by atoms with van der Waals surface area (Å²) in [6.45, 7) is 5.46. The van der Waals surface area contributed by atoms with Gasteiger partial charge < -0.3 is 5.73 Å². The smallest absolute Gasteiger partial charge is 0.202 e. The van der Waals surface area contributed by atoms with E-state index in [1.807, 2.05) is 10.6 Å². The summed E-state index contributed by atoms with van der Waals surface area (Å²) in [6, 6.07) is 2.42. The summed E-state index contributed by atoms with van der Waals surface area (Å²) < 4.78 is 2.95. The maximum atomic E-state index is 6.03. The van der Waals surface area contributed by atoms with Crippen LogP contribution in [0.5, 0.6) is 0 Å². The first-order valence-electron chi connectivity index (χ1n) is 6.66. The van der Waals surface area contributed by atoms with Crippen molar-refractivity contribution in [2.45, 2.75) is 32.4 Å². The van der Waals surface area contributed by atoms with Gasteiger partial charge in [-0.05, 0) is 54.9 Å². The molecule has 1 atom stereocenters. The van der Waals surface area contributed by atoms with Crippen LogP contribution in [0.1, 0.15) is 19.8 Å². The van der Waals surface area contributed by atoms with E-state index in [2.05, 4.69) is 37.7 Å². The number of rotatable bonds is 3. The van der Waals surface area contributed by atoms with E-state index in [1.165, 1.54) is 25.9 Å². The van der Waals surface area contributed by atoms with Gasteiger partial charge >= 0.3 is 0 Å². The van der Waals surface area contributed by atoms with Gasteiger partial charge in [-0.1, -0.05) is 0 Å². The highest BCUT2D eigenvalue weighted by molar-refractivity contribution is 9.10. The molecule has 0 bridgehead atoms. The number of likely N-dealkylation sites (tertiary alicyclic amines) is 1. The van der Waals surface area contributed by atoms with Crippen molar-refractivity contribution in [2.24, 2.45) is 0 Å². The van der Waals surface area contributed by atoms with Crippen LogP contribution in [-0.2, 0) is 6.54 Å². The van der Waals surface area contributed by atoms with Crippen molar-refractivity contribution >= 4 is 33.0 Å². The first-order valence-corrected chi connectivity index (χ1v) is 7.46. The van der Waals surface area contributed by atoms with E-state index in [9.17, 15) is 0 Å². The van der Waals surface area contributed by atoms with Gasteiger partial charge in [0, 0.05) is 23.3 Å². The number of halogens is 1. The van der Waals surface area contributed by atoms with Gasteiger partial charge in [0.2, 0.25) is 5.95 Å². The number of nitrogens with zero attached hydrogens (tertiary/aromatic N) is 4. The Balaban J connectivity index is 1.89. The van der Waals surface area contributed by atoms with Crippen LogP contribution < -0.4 is 5.73 Å². The molecule has 1 unspecified atom stereocenters. The normalized spacial score (nSPS) is 18.2. The second-order valence-electron chi connectivity index (χ2n) is 5.17. The van der Waals surface area contributed by atoms with Crippen molar-refractivity contribution in [1.82, 2.24) is 19.4 Å². The Morgan fingerprint density at radius 1 is 1.42 bits per heavy atom. The van der Waals surface area contributed by atoms with E-state index >= 15 is 0 Å². The second-order valence-corrected chi connectivity index (χ2v) is 6.08. The average molecular weight is 324 g/mol. The number of anilines is 1. The monoisotopic (exact) mass is 323 g/mol. The molecule has 0 spiro atoms. The second kappa shape index (κ2) is 5.09. The molecule has 3 heterocycles. The molecule has 1 saturated heterocycles. The summed E-state index contributed by atoms with van der Waals surface area (Å²) in [4.78, 5) is 11.3. The maximum Gasteiger partial charge on any atom is 0.202 e. The molecule has 5 nitrogen and oxygen atoms in total. The Morgan fingerprint density at radius 2 is 2.16 bits per heavy atom. The Morgan fingerprint density at radius 3 is 2.89 bits per heavy atom. The van der Waals surface area contributed by atoms with Gasteiger partial charge in [0.15, 0.2) is 5.65 Å². The Labute approximate surface area is 120 Å². The molecule has 2 aromatic heterocycles. The number of hydrogen-bond donors (Lipinski definition) is 1. The van der Waals surface area contributed by atoms with E-state index in [0.29, 0.717) is 12.0 Å². The van der Waals surface area contributed by atoms with Gasteiger partial charge in [0.05, 0.1) is 0 Å². The summed E-state index contributed by atoms with van der Waals surface area (Å²) >= 11 is 3.41. The number of fused-ring (bicyclic) bond motifs is 1. The van der Waals surface area contributed by atoms with E-state index < -0.39 is 0 Å². The molecule has 1 aliphatic rings. The predicted octanol–water partition coefficient (Wildman–Crippen LogP) is 2.26. The van der Waals surface area contributed by atoms with Crippen LogP contribution in [0, 0.1) is 0 Å². The third-order valence-corrected chi connectivity index (χ3v) is 4.23. The van der Waals surface area contributed by atoms with Gasteiger partial charge in [0.25, 0.3) is 0 Å². The van der Waals surface area contributed by atoms with Crippen LogP contribution in [0.15, 0.2) is 16.7 Å². The molecule has 3 rings (SSSR count). The van der Waals surface area contributed by atoms with Crippen LogP contribution in [0.25, 0.3) is 11.2 Å². The standard InChI is InChI=1S/C13H18BrN5/c1-9(18-4-2-3-5-18)8-19-12-11(17-13(19)15)6-10(14)7-16-12/h6-7,9H,2-5,8H2,1H3,(H2,15,17). The SMILES string of the molecule is CC(Cn1c(N)nc2cc(Br)cnc21)N1CCCC1. The van der Waals surface area contributed by atoms with E-state index in [1.54, 1.807) is 6.20 Å². The summed E-state index contributed by atoms with van der Waals surface area (Å²) in [6.07, 6.45) is 4.39. The minimum absolute atomic E-state index is 0.465. The molecule has 0 aliphatic carbocycles. The summed E-state index contributed by atoms with van der Waals surface area (Å²) in [5, 5.41) is 0. The zero-order valence-electron chi connectivity index (χ0n) is 11.0. The topological polar surface area (TPSA) is 60.0 Å². The van der Waals surface area contributed by atoms with Crippen molar-refractivity contribution in [3.63, 3.8) is 0 Å². The molecule has 2 N–H and O–H groups in total. The number of pyridine rings is 1. The fraction of sp³-hybridized carbons (Fsp3) is 0.538. The molecule has 19 heavy (non-hydrogen) atoms. The fourth-order valence-electron chi connectivity index (χ4n) is 2.75. The lowest BCUT2D eigenvalue weighted by Crippen LogP contribution is -2.34. The zero-order chi connectivity index (χ0) is 13.4. The Hall–Kier alpha value is -1.14. The first-order chi connectivity index (χ1) is 9.15. The van der Waals surface area contributed by atoms with Crippen LogP contribution >= 0.6 is 15.9 Å². The van der Waals surface area contributed by atoms with Crippen molar-refractivity contribution in [3.8, 4) is 0 Å². The van der Waals surface area contributed by atoms with Crippen LogP contribution in [0.3, 0.4) is 0 Å². The molecule has 0 amide bonds. The van der Waals surface area contributed by atoms with Crippen LogP contribution in [0.4, 0.5) is 5.95 Å². The lowest BCUT2D eigenvalue weighted by Gasteiger charge is -2.24. The summed E-state index contributed by atoms with van der Waals surface area (Å²) in [5.74, 6) is 0.548. The molecule has 6 heteroatoms. The number of aromatic nitrogens is 3. The van der Waals surface area contributed by atoms with Gasteiger partial charge in [-0.15, -0.1) is 0 Å². The van der Waals surface area contributed by atoms with Crippen molar-refractivity contribution in [3.05, 3.63) is 16.7 Å². The fourth-order valence-corrected chi connectivity index (χ4v) is 3.07. The predicted molar refractivity (Wildman–Crippen MR) is 79.9 cm³/mol. The third-order valence-electron chi connectivity index (χ3n) is 3.79. The largest absolute Gasteiger partial charge is 0.369 e. The maximum absolute atomic E-state index is 6.03. The highest BCUT2D eigenvalue weighted by Gasteiger charge is 2.20. The van der Waals surface area contributed by atoms with Gasteiger partial charge in [-0.25, -0.2) is 9.97 Å². The highest BCUT2D eigenvalue weighted by atomic mass is 79.9. The van der Waals surface area contributed by atoms with Gasteiger partial charge in [-0.3, -0.25) is 9.47 Å². The molecule has 1 fully saturated rings. The van der Waals surface area contributed by atoms with Crippen LogP contribution in [-0.4, -0.2) is 38.6 Å². The molecule has 2 aromatic rings. The molecule has 102 valence electrons. The molecular weight excluding hydrogens is 306 g/mol. The highest BCUT2D eigenvalue weighted by Crippen LogP contribution is 2.21. The van der Waals surface area contributed by atoms with Crippen molar-refractivity contribution < 1.29 is 0 Å². The first kappa shape index (κ1) is 12.9. The van der Waals surface area contributed by atoms with Gasteiger partial charge in [-0.2, -0.15) is 0 Å². The van der Waals surface area contributed by atoms with Crippen molar-refractivity contribution in [2.75, 3.05) is 18.8 Å². The average Bonchev–Trinajstić information content (AvgIpc) is 2.98. The lowest BCUT2D eigenvalue weighted by atomic mass is 10.3. The minimum atomic E-state index is 0.465.